The second-order valence-electron chi connectivity index (χ2n) is 5.56. The molecule has 3 N–H and O–H groups in total. The van der Waals surface area contributed by atoms with Crippen molar-refractivity contribution >= 4 is 17.3 Å². The fourth-order valence-electron chi connectivity index (χ4n) is 2.23. The molecule has 0 atom stereocenters. The highest BCUT2D eigenvalue weighted by Crippen LogP contribution is 2.39. The molecular formula is C13H16FN3O3. The number of nitrogens with two attached hydrogens (primary N) is 1. The third-order valence-corrected chi connectivity index (χ3v) is 3.63. The fraction of sp³-hybridized carbons (Fsp3) is 0.462. The number of anilines is 1. The summed E-state index contributed by atoms with van der Waals surface area (Å²) < 4.78 is 13.8. The summed E-state index contributed by atoms with van der Waals surface area (Å²) in [7, 11) is 0. The Kier molecular flexibility index (Phi) is 3.37. The molecule has 0 aromatic heterocycles. The first-order valence-electron chi connectivity index (χ1n) is 6.29. The highest BCUT2D eigenvalue weighted by Gasteiger charge is 2.39. The Labute approximate surface area is 115 Å². The van der Waals surface area contributed by atoms with Crippen LogP contribution in [0.4, 0.5) is 15.8 Å². The van der Waals surface area contributed by atoms with Crippen LogP contribution in [-0.4, -0.2) is 16.4 Å². The summed E-state index contributed by atoms with van der Waals surface area (Å²) in [4.78, 5) is 22.2. The first-order chi connectivity index (χ1) is 9.24. The topological polar surface area (TPSA) is 98.3 Å². The van der Waals surface area contributed by atoms with Gasteiger partial charge in [0.2, 0.25) is 0 Å². The molecule has 7 heteroatoms. The lowest BCUT2D eigenvalue weighted by atomic mass is 9.97. The summed E-state index contributed by atoms with van der Waals surface area (Å²) in [5, 5.41) is 13.5. The molecule has 1 aromatic carbocycles. The second kappa shape index (κ2) is 4.73. The molecule has 1 aliphatic carbocycles. The number of nitro benzene ring substituents is 1. The van der Waals surface area contributed by atoms with Gasteiger partial charge in [-0.3, -0.25) is 14.9 Å². The lowest BCUT2D eigenvalue weighted by Crippen LogP contribution is -2.45. The molecule has 0 radical (unpaired) electrons. The third-order valence-electron chi connectivity index (χ3n) is 3.63. The molecule has 1 amide bonds. The molecule has 0 aliphatic heterocycles. The number of halogens is 1. The molecule has 0 unspecified atom stereocenters. The van der Waals surface area contributed by atoms with Crippen LogP contribution in [-0.2, 0) is 0 Å². The average molecular weight is 281 g/mol. The zero-order valence-corrected chi connectivity index (χ0v) is 11.3. The third kappa shape index (κ3) is 2.56. The molecule has 0 heterocycles. The van der Waals surface area contributed by atoms with Gasteiger partial charge in [-0.2, -0.15) is 0 Å². The van der Waals surface area contributed by atoms with Gasteiger partial charge in [0, 0.05) is 11.6 Å². The van der Waals surface area contributed by atoms with Crippen molar-refractivity contribution in [3.05, 3.63) is 33.6 Å². The number of nitrogen functional groups attached to an aromatic ring is 1. The van der Waals surface area contributed by atoms with Crippen LogP contribution in [0.5, 0.6) is 0 Å². The van der Waals surface area contributed by atoms with E-state index in [4.69, 9.17) is 5.73 Å². The molecule has 0 bridgehead atoms. The lowest BCUT2D eigenvalue weighted by Gasteiger charge is -2.26. The van der Waals surface area contributed by atoms with Gasteiger partial charge >= 0.3 is 0 Å². The molecule has 2 rings (SSSR count). The minimum Gasteiger partial charge on any atom is -0.392 e. The van der Waals surface area contributed by atoms with Crippen LogP contribution in [0.15, 0.2) is 12.1 Å². The number of nitrogens with zero attached hydrogens (tertiary/aromatic N) is 1. The van der Waals surface area contributed by atoms with Crippen molar-refractivity contribution < 1.29 is 14.1 Å². The van der Waals surface area contributed by atoms with E-state index in [1.54, 1.807) is 0 Å². The van der Waals surface area contributed by atoms with Crippen molar-refractivity contribution in [2.75, 3.05) is 5.73 Å². The van der Waals surface area contributed by atoms with Crippen molar-refractivity contribution in [2.24, 2.45) is 5.92 Å². The van der Waals surface area contributed by atoms with Crippen molar-refractivity contribution in [2.45, 2.75) is 32.2 Å². The van der Waals surface area contributed by atoms with Gasteiger partial charge in [-0.05, 0) is 38.7 Å². The maximum Gasteiger partial charge on any atom is 0.293 e. The van der Waals surface area contributed by atoms with Crippen molar-refractivity contribution in [1.82, 2.24) is 5.32 Å². The summed E-state index contributed by atoms with van der Waals surface area (Å²) >= 11 is 0. The minimum atomic E-state index is -0.864. The maximum atomic E-state index is 13.8. The van der Waals surface area contributed by atoms with E-state index in [2.05, 4.69) is 5.32 Å². The lowest BCUT2D eigenvalue weighted by molar-refractivity contribution is -0.384. The van der Waals surface area contributed by atoms with Gasteiger partial charge in [0.15, 0.2) is 0 Å². The Balaban J connectivity index is 2.34. The molecule has 1 aromatic rings. The number of hydrogen-bond donors (Lipinski definition) is 2. The van der Waals surface area contributed by atoms with Gasteiger partial charge in [-0.15, -0.1) is 0 Å². The van der Waals surface area contributed by atoms with Crippen LogP contribution in [0.2, 0.25) is 0 Å². The summed E-state index contributed by atoms with van der Waals surface area (Å²) in [6.07, 6.45) is 2.00. The Hall–Kier alpha value is -2.18. The summed E-state index contributed by atoms with van der Waals surface area (Å²) in [6, 6.07) is 1.83. The average Bonchev–Trinajstić information content (AvgIpc) is 3.11. The molecule has 108 valence electrons. The zero-order chi connectivity index (χ0) is 15.1. The van der Waals surface area contributed by atoms with E-state index in [0.717, 1.165) is 25.0 Å². The number of nitrogens with one attached hydrogen (secondary N) is 1. The summed E-state index contributed by atoms with van der Waals surface area (Å²) in [5.74, 6) is -1.24. The van der Waals surface area contributed by atoms with E-state index < -0.39 is 39.1 Å². The minimum absolute atomic E-state index is 0.342. The second-order valence-corrected chi connectivity index (χ2v) is 5.56. The molecule has 0 spiro atoms. The largest absolute Gasteiger partial charge is 0.392 e. The predicted molar refractivity (Wildman–Crippen MR) is 71.7 cm³/mol. The van der Waals surface area contributed by atoms with Crippen molar-refractivity contribution in [3.8, 4) is 0 Å². The summed E-state index contributed by atoms with van der Waals surface area (Å²) in [5.41, 5.74) is 3.69. The maximum absolute atomic E-state index is 13.8. The fourth-order valence-corrected chi connectivity index (χ4v) is 2.23. The molecule has 20 heavy (non-hydrogen) atoms. The Morgan fingerprint density at radius 2 is 2.10 bits per heavy atom. The van der Waals surface area contributed by atoms with Crippen molar-refractivity contribution in [3.63, 3.8) is 0 Å². The first-order valence-corrected chi connectivity index (χ1v) is 6.29. The van der Waals surface area contributed by atoms with E-state index in [9.17, 15) is 19.3 Å². The smallest absolute Gasteiger partial charge is 0.293 e. The predicted octanol–water partition coefficient (Wildman–Crippen LogP) is 2.23. The number of carbonyl (C=O) groups excluding carboxylic acids is 1. The van der Waals surface area contributed by atoms with E-state index in [0.29, 0.717) is 5.92 Å². The van der Waals surface area contributed by atoms with Crippen LogP contribution in [0.1, 0.15) is 37.0 Å². The molecule has 1 aliphatic rings. The first kappa shape index (κ1) is 14.2. The molecular weight excluding hydrogens is 265 g/mol. The molecule has 0 saturated heterocycles. The van der Waals surface area contributed by atoms with Gasteiger partial charge in [0.05, 0.1) is 4.92 Å². The number of rotatable bonds is 4. The van der Waals surface area contributed by atoms with Crippen LogP contribution in [0, 0.1) is 21.8 Å². The number of carbonyl (C=O) groups is 1. The van der Waals surface area contributed by atoms with Gasteiger partial charge < -0.3 is 11.1 Å². The number of hydrogen-bond acceptors (Lipinski definition) is 4. The van der Waals surface area contributed by atoms with Gasteiger partial charge in [-0.1, -0.05) is 0 Å². The molecule has 6 nitrogen and oxygen atoms in total. The number of benzene rings is 1. The number of nitro groups is 1. The van der Waals surface area contributed by atoms with E-state index in [1.165, 1.54) is 0 Å². The van der Waals surface area contributed by atoms with E-state index in [1.807, 2.05) is 13.8 Å². The molecule has 1 saturated carbocycles. The molecule has 1 fully saturated rings. The van der Waals surface area contributed by atoms with Crippen molar-refractivity contribution in [1.29, 1.82) is 0 Å². The highest BCUT2D eigenvalue weighted by molar-refractivity contribution is 6.01. The van der Waals surface area contributed by atoms with E-state index >= 15 is 0 Å². The van der Waals surface area contributed by atoms with Gasteiger partial charge in [0.1, 0.15) is 17.1 Å². The van der Waals surface area contributed by atoms with Gasteiger partial charge in [0.25, 0.3) is 11.6 Å². The van der Waals surface area contributed by atoms with Crippen LogP contribution in [0.25, 0.3) is 0 Å². The Morgan fingerprint density at radius 1 is 1.50 bits per heavy atom. The standard InChI is InChI=1S/C13H16FN3O3/c1-13(2,7-3-4-7)16-12(18)10-8(14)5-6-9(11(10)15)17(19)20/h5-7H,3-4,15H2,1-2H3,(H,16,18). The Morgan fingerprint density at radius 3 is 2.60 bits per heavy atom. The van der Waals surface area contributed by atoms with Crippen LogP contribution >= 0.6 is 0 Å². The summed E-state index contributed by atoms with van der Waals surface area (Å²) in [6.45, 7) is 3.68. The Bertz CT molecular complexity index is 582. The normalized spacial score (nSPS) is 14.9. The van der Waals surface area contributed by atoms with Gasteiger partial charge in [-0.25, -0.2) is 4.39 Å². The monoisotopic (exact) mass is 281 g/mol. The SMILES string of the molecule is CC(C)(NC(=O)c1c(F)ccc([N+](=O)[O-])c1N)C1CC1. The highest BCUT2D eigenvalue weighted by atomic mass is 19.1. The quantitative estimate of drug-likeness (QED) is 0.502. The zero-order valence-electron chi connectivity index (χ0n) is 11.3. The number of amides is 1. The van der Waals surface area contributed by atoms with Crippen LogP contribution in [0.3, 0.4) is 0 Å². The van der Waals surface area contributed by atoms with Crippen LogP contribution < -0.4 is 11.1 Å². The van der Waals surface area contributed by atoms with E-state index in [-0.39, 0.29) is 0 Å².